The number of hydrogen-bond donors (Lipinski definition) is 0. The number of carbonyl (C=O) groups excluding carboxylic acids is 1. The van der Waals surface area contributed by atoms with Crippen LogP contribution in [-0.2, 0) is 9.53 Å². The van der Waals surface area contributed by atoms with Gasteiger partial charge in [-0.2, -0.15) is 11.8 Å². The van der Waals surface area contributed by atoms with Crippen molar-refractivity contribution in [1.29, 1.82) is 0 Å². The molecule has 1 aromatic carbocycles. The molecule has 0 bridgehead atoms. The van der Waals surface area contributed by atoms with Gasteiger partial charge < -0.3 is 9.64 Å². The highest BCUT2D eigenvalue weighted by atomic mass is 32.2. The molecule has 22 heavy (non-hydrogen) atoms. The van der Waals surface area contributed by atoms with E-state index in [4.69, 9.17) is 4.74 Å². The fourth-order valence-corrected chi connectivity index (χ4v) is 4.28. The molecule has 0 N–H and O–H groups in total. The lowest BCUT2D eigenvalue weighted by molar-refractivity contribution is -0.139. The Kier molecular flexibility index (Phi) is 5.39. The molecule has 5 heteroatoms. The van der Waals surface area contributed by atoms with Gasteiger partial charge in [0.05, 0.1) is 19.3 Å². The van der Waals surface area contributed by atoms with Crippen LogP contribution in [0.25, 0.3) is 0 Å². The molecule has 0 aromatic heterocycles. The van der Waals surface area contributed by atoms with Gasteiger partial charge in [0.2, 0.25) is 5.91 Å². The number of morpholine rings is 1. The zero-order valence-electron chi connectivity index (χ0n) is 13.1. The van der Waals surface area contributed by atoms with Crippen molar-refractivity contribution in [2.75, 3.05) is 44.3 Å². The highest BCUT2D eigenvalue weighted by Gasteiger charge is 2.29. The summed E-state index contributed by atoms with van der Waals surface area (Å²) in [5.41, 5.74) is 1.32. The van der Waals surface area contributed by atoms with Gasteiger partial charge in [0.15, 0.2) is 0 Å². The van der Waals surface area contributed by atoms with Crippen LogP contribution in [0.4, 0.5) is 0 Å². The van der Waals surface area contributed by atoms with Crippen molar-refractivity contribution in [3.05, 3.63) is 35.9 Å². The number of amides is 1. The van der Waals surface area contributed by atoms with Crippen LogP contribution in [0.15, 0.2) is 30.3 Å². The zero-order valence-corrected chi connectivity index (χ0v) is 13.9. The van der Waals surface area contributed by atoms with Crippen molar-refractivity contribution in [2.24, 2.45) is 0 Å². The van der Waals surface area contributed by atoms with Crippen LogP contribution in [-0.4, -0.2) is 66.1 Å². The first-order valence-electron chi connectivity index (χ1n) is 8.00. The van der Waals surface area contributed by atoms with Crippen molar-refractivity contribution in [3.63, 3.8) is 0 Å². The molecule has 2 atom stereocenters. The summed E-state index contributed by atoms with van der Waals surface area (Å²) in [5, 5.41) is 0. The van der Waals surface area contributed by atoms with Gasteiger partial charge in [0, 0.05) is 37.2 Å². The summed E-state index contributed by atoms with van der Waals surface area (Å²) in [6, 6.07) is 10.9. The predicted octanol–water partition coefficient (Wildman–Crippen LogP) is 2.02. The SMILES string of the molecule is C[C@@H]1CN(C(=O)CN2CCSC[C@@H]2c2ccccc2)CCO1. The lowest BCUT2D eigenvalue weighted by Crippen LogP contribution is -2.50. The van der Waals surface area contributed by atoms with Crippen LogP contribution in [0.5, 0.6) is 0 Å². The van der Waals surface area contributed by atoms with Crippen LogP contribution in [0.2, 0.25) is 0 Å². The van der Waals surface area contributed by atoms with Crippen LogP contribution in [0.3, 0.4) is 0 Å². The van der Waals surface area contributed by atoms with Crippen LogP contribution in [0.1, 0.15) is 18.5 Å². The van der Waals surface area contributed by atoms with E-state index in [0.29, 0.717) is 19.2 Å². The van der Waals surface area contributed by atoms with E-state index in [1.165, 1.54) is 5.56 Å². The first-order valence-corrected chi connectivity index (χ1v) is 9.15. The fraction of sp³-hybridized carbons (Fsp3) is 0.588. The third kappa shape index (κ3) is 3.83. The highest BCUT2D eigenvalue weighted by molar-refractivity contribution is 7.99. The summed E-state index contributed by atoms with van der Waals surface area (Å²) in [6.45, 7) is 5.64. The standard InChI is InChI=1S/C17H24N2O2S/c1-14-11-19(7-9-21-14)17(20)12-18-8-10-22-13-16(18)15-5-3-2-4-6-15/h2-6,14,16H,7-13H2,1H3/t14-,16-/m1/s1. The van der Waals surface area contributed by atoms with E-state index in [0.717, 1.165) is 31.1 Å². The van der Waals surface area contributed by atoms with E-state index in [1.54, 1.807) is 0 Å². The fourth-order valence-electron chi connectivity index (χ4n) is 3.13. The Morgan fingerprint density at radius 2 is 2.14 bits per heavy atom. The van der Waals surface area contributed by atoms with Gasteiger partial charge in [-0.05, 0) is 12.5 Å². The van der Waals surface area contributed by atoms with Gasteiger partial charge in [0.1, 0.15) is 0 Å². The largest absolute Gasteiger partial charge is 0.375 e. The monoisotopic (exact) mass is 320 g/mol. The summed E-state index contributed by atoms with van der Waals surface area (Å²) in [5.74, 6) is 2.41. The van der Waals surface area contributed by atoms with Gasteiger partial charge in [0.25, 0.3) is 0 Å². The molecule has 0 aliphatic carbocycles. The van der Waals surface area contributed by atoms with Gasteiger partial charge in [-0.25, -0.2) is 0 Å². The number of benzene rings is 1. The molecule has 4 nitrogen and oxygen atoms in total. The van der Waals surface area contributed by atoms with E-state index in [9.17, 15) is 4.79 Å². The molecule has 0 radical (unpaired) electrons. The molecule has 2 heterocycles. The second kappa shape index (κ2) is 7.49. The number of nitrogens with zero attached hydrogens (tertiary/aromatic N) is 2. The van der Waals surface area contributed by atoms with Crippen LogP contribution >= 0.6 is 11.8 Å². The predicted molar refractivity (Wildman–Crippen MR) is 90.1 cm³/mol. The minimum absolute atomic E-state index is 0.152. The maximum absolute atomic E-state index is 12.6. The Labute approximate surface area is 136 Å². The van der Waals surface area contributed by atoms with Crippen LogP contribution < -0.4 is 0 Å². The van der Waals surface area contributed by atoms with Gasteiger partial charge in [-0.1, -0.05) is 30.3 Å². The molecule has 2 saturated heterocycles. The van der Waals surface area contributed by atoms with Crippen molar-refractivity contribution in [3.8, 4) is 0 Å². The van der Waals surface area contributed by atoms with Crippen molar-refractivity contribution in [2.45, 2.75) is 19.1 Å². The molecule has 2 aliphatic rings. The van der Waals surface area contributed by atoms with Crippen molar-refractivity contribution < 1.29 is 9.53 Å². The van der Waals surface area contributed by atoms with Gasteiger partial charge in [-0.15, -0.1) is 0 Å². The normalized spacial score (nSPS) is 26.9. The summed E-state index contributed by atoms with van der Waals surface area (Å²) in [7, 11) is 0. The molecule has 1 aromatic rings. The molecule has 0 unspecified atom stereocenters. The number of thioether (sulfide) groups is 1. The maximum Gasteiger partial charge on any atom is 0.236 e. The number of rotatable bonds is 3. The molecule has 2 fully saturated rings. The third-order valence-electron chi connectivity index (χ3n) is 4.36. The topological polar surface area (TPSA) is 32.8 Å². The summed E-state index contributed by atoms with van der Waals surface area (Å²) >= 11 is 1.98. The average Bonchev–Trinajstić information content (AvgIpc) is 2.56. The average molecular weight is 320 g/mol. The molecule has 1 amide bonds. The van der Waals surface area contributed by atoms with E-state index in [2.05, 4.69) is 29.2 Å². The molecule has 2 aliphatic heterocycles. The molecule has 3 rings (SSSR count). The number of ether oxygens (including phenoxy) is 1. The summed E-state index contributed by atoms with van der Waals surface area (Å²) in [4.78, 5) is 16.9. The quantitative estimate of drug-likeness (QED) is 0.853. The van der Waals surface area contributed by atoms with E-state index in [-0.39, 0.29) is 12.0 Å². The number of hydrogen-bond acceptors (Lipinski definition) is 4. The smallest absolute Gasteiger partial charge is 0.236 e. The minimum atomic E-state index is 0.152. The van der Waals surface area contributed by atoms with Gasteiger partial charge >= 0.3 is 0 Å². The second-order valence-corrected chi connectivity index (χ2v) is 7.14. The number of carbonyl (C=O) groups is 1. The zero-order chi connectivity index (χ0) is 15.4. The summed E-state index contributed by atoms with van der Waals surface area (Å²) in [6.07, 6.45) is 0.152. The highest BCUT2D eigenvalue weighted by Crippen LogP contribution is 2.29. The minimum Gasteiger partial charge on any atom is -0.375 e. The molecule has 120 valence electrons. The van der Waals surface area contributed by atoms with E-state index < -0.39 is 0 Å². The van der Waals surface area contributed by atoms with Crippen LogP contribution in [0, 0.1) is 0 Å². The van der Waals surface area contributed by atoms with E-state index >= 15 is 0 Å². The lowest BCUT2D eigenvalue weighted by Gasteiger charge is -2.38. The molecule has 0 spiro atoms. The Balaban J connectivity index is 1.65. The molecular formula is C17H24N2O2S. The van der Waals surface area contributed by atoms with Crippen molar-refractivity contribution >= 4 is 17.7 Å². The summed E-state index contributed by atoms with van der Waals surface area (Å²) < 4.78 is 5.53. The Hall–Kier alpha value is -1.04. The lowest BCUT2D eigenvalue weighted by atomic mass is 10.1. The Morgan fingerprint density at radius 3 is 2.91 bits per heavy atom. The molecule has 0 saturated carbocycles. The molecular weight excluding hydrogens is 296 g/mol. The second-order valence-electron chi connectivity index (χ2n) is 5.99. The van der Waals surface area contributed by atoms with Crippen molar-refractivity contribution in [1.82, 2.24) is 9.80 Å². The Morgan fingerprint density at radius 1 is 1.32 bits per heavy atom. The van der Waals surface area contributed by atoms with Gasteiger partial charge in [-0.3, -0.25) is 9.69 Å². The first kappa shape index (κ1) is 15.8. The third-order valence-corrected chi connectivity index (χ3v) is 5.38. The maximum atomic E-state index is 12.6. The first-order chi connectivity index (χ1) is 10.7. The Bertz CT molecular complexity index is 497. The van der Waals surface area contributed by atoms with E-state index in [1.807, 2.05) is 29.7 Å².